The molecule has 0 bridgehead atoms. The molecule has 2 aliphatic rings. The van der Waals surface area contributed by atoms with Gasteiger partial charge in [-0.15, -0.1) is 0 Å². The van der Waals surface area contributed by atoms with Crippen LogP contribution in [0.1, 0.15) is 50.0 Å². The van der Waals surface area contributed by atoms with E-state index in [9.17, 15) is 9.59 Å². The van der Waals surface area contributed by atoms with Gasteiger partial charge in [0.2, 0.25) is 5.91 Å². The molecule has 0 radical (unpaired) electrons. The first-order valence-corrected chi connectivity index (χ1v) is 14.3. The second-order valence-electron chi connectivity index (χ2n) is 10.9. The summed E-state index contributed by atoms with van der Waals surface area (Å²) in [5.41, 5.74) is 11.8. The smallest absolute Gasteiger partial charge is 0.308 e. The highest BCUT2D eigenvalue weighted by molar-refractivity contribution is 5.93. The van der Waals surface area contributed by atoms with Gasteiger partial charge in [-0.1, -0.05) is 6.07 Å². The zero-order valence-corrected chi connectivity index (χ0v) is 23.2. The quantitative estimate of drug-likeness (QED) is 0.303. The monoisotopic (exact) mass is 553 g/mol. The number of benzene rings is 2. The number of methoxy groups -OCH3 is 1. The zero-order valence-electron chi connectivity index (χ0n) is 23.2. The molecule has 41 heavy (non-hydrogen) atoms. The Balaban J connectivity index is 1.29. The van der Waals surface area contributed by atoms with Crippen LogP contribution in [0, 0.1) is 11.8 Å². The van der Waals surface area contributed by atoms with Crippen LogP contribution in [0.25, 0.3) is 28.1 Å². The van der Waals surface area contributed by atoms with Crippen LogP contribution in [0.3, 0.4) is 0 Å². The molecule has 6 rings (SSSR count). The average Bonchev–Trinajstić information content (AvgIpc) is 3.40. The fourth-order valence-electron chi connectivity index (χ4n) is 6.12. The number of anilines is 2. The van der Waals surface area contributed by atoms with Crippen LogP contribution in [0.5, 0.6) is 0 Å². The van der Waals surface area contributed by atoms with Gasteiger partial charge in [-0.2, -0.15) is 0 Å². The Kier molecular flexibility index (Phi) is 7.69. The van der Waals surface area contributed by atoms with E-state index in [0.29, 0.717) is 43.2 Å². The summed E-state index contributed by atoms with van der Waals surface area (Å²) in [7, 11) is 1.41. The Labute approximate surface area is 239 Å². The van der Waals surface area contributed by atoms with Gasteiger partial charge in [0, 0.05) is 36.7 Å². The number of hydrogen-bond acceptors (Lipinski definition) is 7. The lowest BCUT2D eigenvalue weighted by Crippen LogP contribution is -2.30. The Morgan fingerprint density at radius 3 is 2.41 bits per heavy atom. The van der Waals surface area contributed by atoms with Crippen molar-refractivity contribution in [2.45, 2.75) is 44.4 Å². The fraction of sp³-hybridized carbons (Fsp3) is 0.375. The third-order valence-corrected chi connectivity index (χ3v) is 8.48. The molecule has 1 aliphatic heterocycles. The van der Waals surface area contributed by atoms with E-state index in [-0.39, 0.29) is 23.7 Å². The van der Waals surface area contributed by atoms with Gasteiger partial charge >= 0.3 is 5.97 Å². The minimum absolute atomic E-state index is 0.0147. The lowest BCUT2D eigenvalue weighted by atomic mass is 9.81. The maximum absolute atomic E-state index is 13.0. The third-order valence-electron chi connectivity index (χ3n) is 8.48. The molecule has 2 aromatic carbocycles. The van der Waals surface area contributed by atoms with E-state index in [1.807, 2.05) is 36.4 Å². The van der Waals surface area contributed by atoms with Crippen LogP contribution in [-0.2, 0) is 19.1 Å². The number of nitrogens with one attached hydrogen (secondary N) is 1. The molecule has 9 heteroatoms. The largest absolute Gasteiger partial charge is 0.469 e. The summed E-state index contributed by atoms with van der Waals surface area (Å²) < 4.78 is 12.6. The van der Waals surface area contributed by atoms with Crippen molar-refractivity contribution in [2.75, 3.05) is 31.4 Å². The number of hydrogen-bond donors (Lipinski definition) is 2. The Bertz CT molecular complexity index is 1550. The first kappa shape index (κ1) is 27.0. The molecular weight excluding hydrogens is 518 g/mol. The minimum Gasteiger partial charge on any atom is -0.469 e. The third kappa shape index (κ3) is 5.54. The van der Waals surface area contributed by atoms with Crippen molar-refractivity contribution in [2.24, 2.45) is 11.8 Å². The van der Waals surface area contributed by atoms with Crippen LogP contribution in [0.15, 0.2) is 60.8 Å². The molecule has 0 spiro atoms. The summed E-state index contributed by atoms with van der Waals surface area (Å²) in [6.45, 7) is 1.55. The number of carbonyl (C=O) groups is 2. The number of imidazole rings is 1. The lowest BCUT2D eigenvalue weighted by Gasteiger charge is -2.26. The van der Waals surface area contributed by atoms with E-state index in [1.165, 1.54) is 12.7 Å². The van der Waals surface area contributed by atoms with Crippen LogP contribution in [0.2, 0.25) is 0 Å². The van der Waals surface area contributed by atoms with Crippen molar-refractivity contribution in [1.82, 2.24) is 14.5 Å². The normalized spacial score (nSPS) is 19.6. The summed E-state index contributed by atoms with van der Waals surface area (Å²) in [4.78, 5) is 34.1. The number of rotatable bonds is 6. The van der Waals surface area contributed by atoms with E-state index in [1.54, 1.807) is 6.20 Å². The molecule has 1 aliphatic carbocycles. The Hall–Kier alpha value is -4.24. The molecule has 2 fully saturated rings. The highest BCUT2D eigenvalue weighted by atomic mass is 16.5. The van der Waals surface area contributed by atoms with Crippen LogP contribution >= 0.6 is 0 Å². The SMILES string of the molecule is COC(=O)[C@H]1CC[C@H](C(=O)Nc2ccc(-n3c(-c4cccnc4N)nc4ccc(C5CCOCC5)cc43)cc2)CC1. The molecule has 4 aromatic rings. The Morgan fingerprint density at radius 2 is 1.71 bits per heavy atom. The minimum atomic E-state index is -0.182. The molecule has 2 aromatic heterocycles. The zero-order chi connectivity index (χ0) is 28.3. The average molecular weight is 554 g/mol. The van der Waals surface area contributed by atoms with E-state index in [0.717, 1.165) is 54.0 Å². The number of nitrogen functional groups attached to an aromatic ring is 1. The lowest BCUT2D eigenvalue weighted by molar-refractivity contribution is -0.147. The predicted octanol–water partition coefficient (Wildman–Crippen LogP) is 5.48. The number of nitrogens with zero attached hydrogens (tertiary/aromatic N) is 3. The summed E-state index contributed by atoms with van der Waals surface area (Å²) in [6, 6.07) is 18.1. The number of fused-ring (bicyclic) bond motifs is 1. The summed E-state index contributed by atoms with van der Waals surface area (Å²) in [5, 5.41) is 3.07. The van der Waals surface area contributed by atoms with Crippen molar-refractivity contribution in [3.63, 3.8) is 0 Å². The van der Waals surface area contributed by atoms with Gasteiger partial charge in [0.15, 0.2) is 0 Å². The van der Waals surface area contributed by atoms with Crippen LogP contribution < -0.4 is 11.1 Å². The molecular formula is C32H35N5O4. The molecule has 3 N–H and O–H groups in total. The van der Waals surface area contributed by atoms with Crippen molar-refractivity contribution < 1.29 is 19.1 Å². The highest BCUT2D eigenvalue weighted by Crippen LogP contribution is 2.35. The van der Waals surface area contributed by atoms with E-state index in [4.69, 9.17) is 20.2 Å². The number of carbonyl (C=O) groups excluding carboxylic acids is 2. The number of aromatic nitrogens is 3. The Morgan fingerprint density at radius 1 is 0.976 bits per heavy atom. The first-order chi connectivity index (χ1) is 20.0. The van der Waals surface area contributed by atoms with Gasteiger partial charge in [-0.05, 0) is 98.5 Å². The number of ether oxygens (including phenoxy) is 2. The predicted molar refractivity (Wildman–Crippen MR) is 158 cm³/mol. The first-order valence-electron chi connectivity index (χ1n) is 14.3. The van der Waals surface area contributed by atoms with Gasteiger partial charge in [-0.25, -0.2) is 9.97 Å². The fourth-order valence-corrected chi connectivity index (χ4v) is 6.12. The second-order valence-corrected chi connectivity index (χ2v) is 10.9. The van der Waals surface area contributed by atoms with Crippen molar-refractivity contribution in [1.29, 1.82) is 0 Å². The van der Waals surface area contributed by atoms with Crippen molar-refractivity contribution in [3.05, 3.63) is 66.4 Å². The van der Waals surface area contributed by atoms with E-state index >= 15 is 0 Å². The van der Waals surface area contributed by atoms with E-state index in [2.05, 4.69) is 33.1 Å². The molecule has 0 atom stereocenters. The topological polar surface area (TPSA) is 121 Å². The van der Waals surface area contributed by atoms with Gasteiger partial charge in [0.1, 0.15) is 11.6 Å². The number of esters is 1. The van der Waals surface area contributed by atoms with Gasteiger partial charge < -0.3 is 20.5 Å². The summed E-state index contributed by atoms with van der Waals surface area (Å²) in [6.07, 6.45) is 6.38. The molecule has 3 heterocycles. The van der Waals surface area contributed by atoms with Gasteiger partial charge in [-0.3, -0.25) is 14.2 Å². The van der Waals surface area contributed by atoms with E-state index < -0.39 is 0 Å². The number of pyridine rings is 1. The molecule has 0 unspecified atom stereocenters. The highest BCUT2D eigenvalue weighted by Gasteiger charge is 2.30. The molecule has 212 valence electrons. The molecule has 9 nitrogen and oxygen atoms in total. The summed E-state index contributed by atoms with van der Waals surface area (Å²) in [5.74, 6) is 1.16. The van der Waals surface area contributed by atoms with Gasteiger partial charge in [0.25, 0.3) is 0 Å². The second kappa shape index (κ2) is 11.7. The van der Waals surface area contributed by atoms with Crippen LogP contribution in [0.4, 0.5) is 11.5 Å². The molecule has 1 saturated carbocycles. The van der Waals surface area contributed by atoms with Crippen molar-refractivity contribution in [3.8, 4) is 17.1 Å². The number of amides is 1. The van der Waals surface area contributed by atoms with Gasteiger partial charge in [0.05, 0.1) is 29.6 Å². The number of nitrogens with two attached hydrogens (primary N) is 1. The van der Waals surface area contributed by atoms with Crippen LogP contribution in [-0.4, -0.2) is 46.7 Å². The molecule has 1 amide bonds. The standard InChI is InChI=1S/C32H35N5O4/c1-40-32(39)22-6-4-21(5-7-22)31(38)35-24-9-11-25(12-10-24)37-28-19-23(20-14-17-41-18-15-20)8-13-27(28)36-30(37)26-3-2-16-34-29(26)33/h2-3,8-13,16,19-22H,4-7,14-15,17-18H2,1H3,(H2,33,34)(H,35,38)/t21-,22-. The van der Waals surface area contributed by atoms with Crippen molar-refractivity contribution >= 4 is 34.4 Å². The maximum atomic E-state index is 13.0. The summed E-state index contributed by atoms with van der Waals surface area (Å²) >= 11 is 0. The maximum Gasteiger partial charge on any atom is 0.308 e. The molecule has 1 saturated heterocycles.